The Bertz CT molecular complexity index is 1200. The van der Waals surface area contributed by atoms with Crippen molar-refractivity contribution in [3.8, 4) is 22.9 Å². The number of methoxy groups -OCH3 is 1. The van der Waals surface area contributed by atoms with E-state index < -0.39 is 0 Å². The predicted molar refractivity (Wildman–Crippen MR) is 129 cm³/mol. The van der Waals surface area contributed by atoms with Crippen LogP contribution in [0.25, 0.3) is 5.69 Å². The van der Waals surface area contributed by atoms with E-state index in [0.29, 0.717) is 26.1 Å². The molecule has 1 amide bonds. The molecule has 34 heavy (non-hydrogen) atoms. The van der Waals surface area contributed by atoms with Gasteiger partial charge in [-0.25, -0.2) is 4.68 Å². The summed E-state index contributed by atoms with van der Waals surface area (Å²) in [4.78, 5) is 15.3. The molecule has 1 saturated heterocycles. The fraction of sp³-hybridized carbons (Fsp3) is 0.407. The molecular weight excluding hydrogens is 430 g/mol. The van der Waals surface area contributed by atoms with Crippen molar-refractivity contribution in [1.29, 1.82) is 0 Å². The van der Waals surface area contributed by atoms with E-state index in [-0.39, 0.29) is 11.9 Å². The van der Waals surface area contributed by atoms with Gasteiger partial charge in [-0.1, -0.05) is 12.1 Å². The van der Waals surface area contributed by atoms with Crippen LogP contribution in [-0.4, -0.2) is 47.5 Å². The summed E-state index contributed by atoms with van der Waals surface area (Å²) < 4.78 is 18.7. The Labute approximate surface area is 200 Å². The van der Waals surface area contributed by atoms with E-state index in [4.69, 9.17) is 19.3 Å². The monoisotopic (exact) mass is 461 g/mol. The molecule has 2 aliphatic rings. The highest BCUT2D eigenvalue weighted by atomic mass is 16.6. The molecule has 0 saturated carbocycles. The van der Waals surface area contributed by atoms with Crippen molar-refractivity contribution in [1.82, 2.24) is 14.7 Å². The normalized spacial score (nSPS) is 17.1. The summed E-state index contributed by atoms with van der Waals surface area (Å²) in [7, 11) is 1.66. The van der Waals surface area contributed by atoms with E-state index in [9.17, 15) is 4.79 Å². The summed E-state index contributed by atoms with van der Waals surface area (Å²) in [6.07, 6.45) is 3.12. The van der Waals surface area contributed by atoms with E-state index in [1.165, 1.54) is 0 Å². The zero-order valence-corrected chi connectivity index (χ0v) is 20.0. The van der Waals surface area contributed by atoms with E-state index >= 15 is 0 Å². The van der Waals surface area contributed by atoms with E-state index in [1.807, 2.05) is 52.9 Å². The average Bonchev–Trinajstić information content (AvgIpc) is 3.47. The molecule has 1 aromatic heterocycles. The van der Waals surface area contributed by atoms with Crippen LogP contribution >= 0.6 is 0 Å². The molecule has 0 spiro atoms. The Morgan fingerprint density at radius 2 is 1.94 bits per heavy atom. The molecule has 1 fully saturated rings. The quantitative estimate of drug-likeness (QED) is 0.538. The molecule has 1 atom stereocenters. The maximum absolute atomic E-state index is 13.3. The fourth-order valence-electron chi connectivity index (χ4n) is 5.08. The van der Waals surface area contributed by atoms with Gasteiger partial charge in [-0.05, 0) is 68.5 Å². The van der Waals surface area contributed by atoms with Crippen molar-refractivity contribution < 1.29 is 19.0 Å². The molecular formula is C27H31N3O4. The average molecular weight is 462 g/mol. The number of benzene rings is 2. The van der Waals surface area contributed by atoms with Gasteiger partial charge in [0.2, 0.25) is 5.91 Å². The summed E-state index contributed by atoms with van der Waals surface area (Å²) in [5.74, 6) is 2.54. The highest BCUT2D eigenvalue weighted by molar-refractivity contribution is 5.77. The zero-order chi connectivity index (χ0) is 23.7. The summed E-state index contributed by atoms with van der Waals surface area (Å²) >= 11 is 0. The van der Waals surface area contributed by atoms with E-state index in [2.05, 4.69) is 13.0 Å². The van der Waals surface area contributed by atoms with Gasteiger partial charge in [-0.2, -0.15) is 5.10 Å². The van der Waals surface area contributed by atoms with Crippen LogP contribution in [0.4, 0.5) is 0 Å². The number of hydrogen-bond donors (Lipinski definition) is 0. The van der Waals surface area contributed by atoms with Gasteiger partial charge in [0.15, 0.2) is 11.5 Å². The lowest BCUT2D eigenvalue weighted by atomic mass is 10.0. The van der Waals surface area contributed by atoms with Gasteiger partial charge in [-0.15, -0.1) is 0 Å². The molecule has 7 heteroatoms. The molecule has 0 N–H and O–H groups in total. The molecule has 0 aliphatic carbocycles. The van der Waals surface area contributed by atoms with Gasteiger partial charge >= 0.3 is 0 Å². The highest BCUT2D eigenvalue weighted by Gasteiger charge is 2.31. The SMILES string of the molecule is COc1cccc(-n2nc(C)c(CCC(=O)N3CCC[C@H]3c3ccc4c(c3)OCCO4)c2C)c1. The second-order valence-electron chi connectivity index (χ2n) is 8.91. The minimum atomic E-state index is 0.0880. The van der Waals surface area contributed by atoms with E-state index in [0.717, 1.165) is 64.8 Å². The van der Waals surface area contributed by atoms with E-state index in [1.54, 1.807) is 7.11 Å². The molecule has 178 valence electrons. The van der Waals surface area contributed by atoms with Crippen LogP contribution in [0, 0.1) is 13.8 Å². The second kappa shape index (κ2) is 9.41. The standard InChI is InChI=1S/C27H31N3O4/c1-18-23(19(2)30(28-18)21-6-4-7-22(17-21)32-3)10-12-27(31)29-13-5-8-24(29)20-9-11-25-26(16-20)34-15-14-33-25/h4,6-7,9,11,16-17,24H,5,8,10,12-15H2,1-3H3/t24-/m0/s1. The Balaban J connectivity index is 1.30. The Hall–Kier alpha value is -3.48. The molecule has 0 unspecified atom stereocenters. The lowest BCUT2D eigenvalue weighted by molar-refractivity contribution is -0.132. The van der Waals surface area contributed by atoms with Gasteiger partial charge in [0, 0.05) is 24.7 Å². The van der Waals surface area contributed by atoms with Crippen molar-refractivity contribution >= 4 is 5.91 Å². The minimum absolute atomic E-state index is 0.0880. The summed E-state index contributed by atoms with van der Waals surface area (Å²) in [5.41, 5.74) is 5.22. The van der Waals surface area contributed by atoms with Crippen molar-refractivity contribution in [2.75, 3.05) is 26.9 Å². The topological polar surface area (TPSA) is 65.8 Å². The molecule has 3 aromatic rings. The van der Waals surface area contributed by atoms with Gasteiger partial charge < -0.3 is 19.1 Å². The number of aryl methyl sites for hydroxylation is 1. The lowest BCUT2D eigenvalue weighted by Crippen LogP contribution is -2.30. The van der Waals surface area contributed by atoms with Crippen molar-refractivity contribution in [3.05, 3.63) is 65.0 Å². The van der Waals surface area contributed by atoms with Gasteiger partial charge in [-0.3, -0.25) is 4.79 Å². The zero-order valence-electron chi connectivity index (χ0n) is 20.0. The first-order chi connectivity index (χ1) is 16.5. The minimum Gasteiger partial charge on any atom is -0.497 e. The molecule has 5 rings (SSSR count). The molecule has 7 nitrogen and oxygen atoms in total. The summed E-state index contributed by atoms with van der Waals surface area (Å²) in [5, 5.41) is 4.75. The maximum atomic E-state index is 13.3. The number of nitrogens with zero attached hydrogens (tertiary/aromatic N) is 3. The number of hydrogen-bond acceptors (Lipinski definition) is 5. The molecule has 2 aliphatic heterocycles. The molecule has 0 bridgehead atoms. The first-order valence-corrected chi connectivity index (χ1v) is 11.9. The molecule has 3 heterocycles. The van der Waals surface area contributed by atoms with Crippen LogP contribution in [0.2, 0.25) is 0 Å². The maximum Gasteiger partial charge on any atom is 0.223 e. The largest absolute Gasteiger partial charge is 0.497 e. The first-order valence-electron chi connectivity index (χ1n) is 11.9. The van der Waals surface area contributed by atoms with Gasteiger partial charge in [0.25, 0.3) is 0 Å². The first kappa shape index (κ1) is 22.3. The fourth-order valence-corrected chi connectivity index (χ4v) is 5.08. The van der Waals surface area contributed by atoms with Crippen LogP contribution in [0.1, 0.15) is 47.8 Å². The van der Waals surface area contributed by atoms with Gasteiger partial charge in [0.1, 0.15) is 19.0 Å². The lowest BCUT2D eigenvalue weighted by Gasteiger charge is -2.27. The number of rotatable bonds is 6. The highest BCUT2D eigenvalue weighted by Crippen LogP contribution is 2.38. The third kappa shape index (κ3) is 4.22. The number of likely N-dealkylation sites (tertiary alicyclic amines) is 1. The van der Waals surface area contributed by atoms with Gasteiger partial charge in [0.05, 0.1) is 24.5 Å². The second-order valence-corrected chi connectivity index (χ2v) is 8.91. The van der Waals surface area contributed by atoms with Crippen molar-refractivity contribution in [2.24, 2.45) is 0 Å². The Morgan fingerprint density at radius 3 is 2.76 bits per heavy atom. The van der Waals surface area contributed by atoms with Crippen LogP contribution in [0.3, 0.4) is 0 Å². The number of fused-ring (bicyclic) bond motifs is 1. The van der Waals surface area contributed by atoms with Crippen LogP contribution < -0.4 is 14.2 Å². The van der Waals surface area contributed by atoms with Crippen LogP contribution in [-0.2, 0) is 11.2 Å². The number of amides is 1. The predicted octanol–water partition coefficient (Wildman–Crippen LogP) is 4.57. The van der Waals surface area contributed by atoms with Crippen molar-refractivity contribution in [2.45, 2.75) is 45.6 Å². The third-order valence-corrected chi connectivity index (χ3v) is 6.85. The summed E-state index contributed by atoms with van der Waals surface area (Å²) in [6.45, 7) is 6.00. The number of carbonyl (C=O) groups is 1. The Kier molecular flexibility index (Phi) is 6.18. The van der Waals surface area contributed by atoms with Crippen molar-refractivity contribution in [3.63, 3.8) is 0 Å². The number of ether oxygens (including phenoxy) is 3. The third-order valence-electron chi connectivity index (χ3n) is 6.85. The molecule has 2 aromatic carbocycles. The Morgan fingerprint density at radius 1 is 1.12 bits per heavy atom. The number of aromatic nitrogens is 2. The molecule has 0 radical (unpaired) electrons. The summed E-state index contributed by atoms with van der Waals surface area (Å²) in [6, 6.07) is 14.0. The van der Waals surface area contributed by atoms with Crippen LogP contribution in [0.5, 0.6) is 17.2 Å². The smallest absolute Gasteiger partial charge is 0.223 e. The van der Waals surface area contributed by atoms with Crippen LogP contribution in [0.15, 0.2) is 42.5 Å². The number of carbonyl (C=O) groups excluding carboxylic acids is 1.